The summed E-state index contributed by atoms with van der Waals surface area (Å²) in [5.74, 6) is 1.71. The second-order valence-corrected chi connectivity index (χ2v) is 7.68. The monoisotopic (exact) mass is 362 g/mol. The number of benzene rings is 2. The van der Waals surface area contributed by atoms with E-state index < -0.39 is 0 Å². The maximum atomic E-state index is 10.1. The van der Waals surface area contributed by atoms with E-state index in [1.807, 2.05) is 24.3 Å². The van der Waals surface area contributed by atoms with Gasteiger partial charge < -0.3 is 4.74 Å². The Morgan fingerprint density at radius 2 is 1.78 bits per heavy atom. The van der Waals surface area contributed by atoms with Crippen LogP contribution in [0.15, 0.2) is 54.6 Å². The number of allylic oxidation sites excluding steroid dienone is 1. The zero-order chi connectivity index (χ0) is 18.6. The first-order valence-electron chi connectivity index (χ1n) is 10.1. The van der Waals surface area contributed by atoms with Crippen molar-refractivity contribution in [1.29, 1.82) is 0 Å². The van der Waals surface area contributed by atoms with Crippen LogP contribution in [-0.4, -0.2) is 29.3 Å². The van der Waals surface area contributed by atoms with E-state index in [2.05, 4.69) is 30.3 Å². The van der Waals surface area contributed by atoms with E-state index in [4.69, 9.17) is 4.74 Å². The van der Waals surface area contributed by atoms with Crippen LogP contribution in [0.4, 0.5) is 0 Å². The molecule has 140 valence electrons. The van der Waals surface area contributed by atoms with Gasteiger partial charge in [-0.25, -0.2) is 0 Å². The average molecular weight is 362 g/mol. The molecule has 0 amide bonds. The molecule has 0 aromatic heterocycles. The predicted octanol–water partition coefficient (Wildman–Crippen LogP) is 5.30. The van der Waals surface area contributed by atoms with E-state index in [0.717, 1.165) is 52.7 Å². The first-order chi connectivity index (χ1) is 13.2. The minimum absolute atomic E-state index is 0.771. The molecule has 0 heterocycles. The second-order valence-electron chi connectivity index (χ2n) is 7.68. The molecule has 1 N–H and O–H groups in total. The topological polar surface area (TPSA) is 32.5 Å². The van der Waals surface area contributed by atoms with Crippen molar-refractivity contribution < 1.29 is 14.7 Å². The third kappa shape index (κ3) is 3.92. The second kappa shape index (κ2) is 7.99. The smallest absolute Gasteiger partial charge is 0.258 e. The van der Waals surface area contributed by atoms with Crippen molar-refractivity contribution in [2.45, 2.75) is 38.5 Å². The van der Waals surface area contributed by atoms with Crippen molar-refractivity contribution >= 4 is 11.3 Å². The first kappa shape index (κ1) is 17.8. The summed E-state index contributed by atoms with van der Waals surface area (Å²) in [6, 6.07) is 16.5. The molecular weight excluding hydrogens is 334 g/mol. The van der Waals surface area contributed by atoms with E-state index in [-0.39, 0.29) is 0 Å². The zero-order valence-corrected chi connectivity index (χ0v) is 16.0. The van der Waals surface area contributed by atoms with E-state index in [1.54, 1.807) is 7.05 Å². The van der Waals surface area contributed by atoms with Crippen molar-refractivity contribution in [1.82, 2.24) is 0 Å². The van der Waals surface area contributed by atoms with Crippen LogP contribution in [0.5, 0.6) is 5.75 Å². The van der Waals surface area contributed by atoms with E-state index >= 15 is 0 Å². The summed E-state index contributed by atoms with van der Waals surface area (Å²) in [6.45, 7) is 0.771. The van der Waals surface area contributed by atoms with Crippen molar-refractivity contribution in [3.8, 4) is 5.75 Å². The summed E-state index contributed by atoms with van der Waals surface area (Å²) < 4.78 is 7.26. The van der Waals surface area contributed by atoms with Gasteiger partial charge in [-0.2, -0.15) is 0 Å². The SMILES string of the molecule is C[N+](O)=C1C=C(c2ccccc2)c2ccc(OCCC3CCCCC3)cc21. The van der Waals surface area contributed by atoms with Crippen LogP contribution in [0.25, 0.3) is 5.57 Å². The molecule has 0 spiro atoms. The van der Waals surface area contributed by atoms with Crippen molar-refractivity contribution in [3.05, 3.63) is 71.3 Å². The maximum absolute atomic E-state index is 10.1. The molecule has 2 aliphatic rings. The average Bonchev–Trinajstić information content (AvgIpc) is 3.09. The van der Waals surface area contributed by atoms with Crippen molar-refractivity contribution in [2.75, 3.05) is 13.7 Å². The fraction of sp³-hybridized carbons (Fsp3) is 0.375. The first-order valence-corrected chi connectivity index (χ1v) is 10.1. The molecule has 0 atom stereocenters. The summed E-state index contributed by atoms with van der Waals surface area (Å²) in [4.78, 5) is 0. The Balaban J connectivity index is 1.53. The molecule has 2 aromatic rings. The summed E-state index contributed by atoms with van der Waals surface area (Å²) in [5, 5.41) is 10.1. The molecule has 3 heteroatoms. The van der Waals surface area contributed by atoms with Crippen LogP contribution in [0.1, 0.15) is 55.2 Å². The van der Waals surface area contributed by atoms with Gasteiger partial charge in [0.05, 0.1) is 12.2 Å². The molecule has 1 fully saturated rings. The van der Waals surface area contributed by atoms with Crippen LogP contribution >= 0.6 is 0 Å². The summed E-state index contributed by atoms with van der Waals surface area (Å²) >= 11 is 0. The zero-order valence-electron chi connectivity index (χ0n) is 16.0. The number of ether oxygens (including phenoxy) is 1. The van der Waals surface area contributed by atoms with Gasteiger partial charge in [0.15, 0.2) is 7.05 Å². The highest BCUT2D eigenvalue weighted by Crippen LogP contribution is 2.35. The lowest BCUT2D eigenvalue weighted by Gasteiger charge is -2.21. The number of nitrogens with zero attached hydrogens (tertiary/aromatic N) is 1. The number of rotatable bonds is 5. The van der Waals surface area contributed by atoms with Gasteiger partial charge >= 0.3 is 0 Å². The summed E-state index contributed by atoms with van der Waals surface area (Å²) in [6.07, 6.45) is 10.0. The molecule has 0 bridgehead atoms. The predicted molar refractivity (Wildman–Crippen MR) is 109 cm³/mol. The Kier molecular flexibility index (Phi) is 5.28. The van der Waals surface area contributed by atoms with Gasteiger partial charge in [0.2, 0.25) is 0 Å². The van der Waals surface area contributed by atoms with Gasteiger partial charge in [0.25, 0.3) is 5.71 Å². The van der Waals surface area contributed by atoms with Crippen LogP contribution in [0, 0.1) is 5.92 Å². The molecule has 2 aliphatic carbocycles. The number of hydrogen-bond acceptors (Lipinski definition) is 2. The molecule has 2 aromatic carbocycles. The molecular formula is C24H28NO2+. The van der Waals surface area contributed by atoms with Crippen molar-refractivity contribution in [2.24, 2.45) is 5.92 Å². The van der Waals surface area contributed by atoms with Gasteiger partial charge in [-0.05, 0) is 52.0 Å². The Bertz CT molecular complexity index is 857. The molecule has 0 saturated heterocycles. The van der Waals surface area contributed by atoms with Crippen LogP contribution < -0.4 is 4.74 Å². The molecule has 0 radical (unpaired) electrons. The lowest BCUT2D eigenvalue weighted by Crippen LogP contribution is -2.12. The van der Waals surface area contributed by atoms with Gasteiger partial charge in [-0.1, -0.05) is 62.4 Å². The third-order valence-electron chi connectivity index (χ3n) is 5.79. The van der Waals surface area contributed by atoms with Gasteiger partial charge in [0, 0.05) is 6.08 Å². The quantitative estimate of drug-likeness (QED) is 0.445. The number of hydroxylamine groups is 1. The van der Waals surface area contributed by atoms with E-state index in [1.165, 1.54) is 36.8 Å². The minimum atomic E-state index is 0.771. The van der Waals surface area contributed by atoms with Gasteiger partial charge in [-0.15, -0.1) is 0 Å². The van der Waals surface area contributed by atoms with E-state index in [9.17, 15) is 5.21 Å². The molecule has 1 saturated carbocycles. The lowest BCUT2D eigenvalue weighted by atomic mass is 9.87. The molecule has 0 unspecified atom stereocenters. The largest absolute Gasteiger partial charge is 0.494 e. The van der Waals surface area contributed by atoms with Gasteiger partial charge in [-0.3, -0.25) is 5.21 Å². The fourth-order valence-electron chi connectivity index (χ4n) is 4.30. The highest BCUT2D eigenvalue weighted by Gasteiger charge is 2.27. The molecule has 3 nitrogen and oxygen atoms in total. The summed E-state index contributed by atoms with van der Waals surface area (Å²) in [5.41, 5.74) is 5.25. The third-order valence-corrected chi connectivity index (χ3v) is 5.79. The number of hydrogen-bond donors (Lipinski definition) is 1. The fourth-order valence-corrected chi connectivity index (χ4v) is 4.30. The Morgan fingerprint density at radius 1 is 1.00 bits per heavy atom. The molecule has 27 heavy (non-hydrogen) atoms. The van der Waals surface area contributed by atoms with Crippen LogP contribution in [0.2, 0.25) is 0 Å². The summed E-state index contributed by atoms with van der Waals surface area (Å²) in [7, 11) is 1.67. The Labute approximate surface area is 161 Å². The molecule has 4 rings (SSSR count). The standard InChI is InChI=1S/C24H28NO2/c1-25(26)24-17-22(19-10-6-3-7-11-19)21-13-12-20(16-23(21)24)27-15-14-18-8-4-2-5-9-18/h3,6-7,10-13,16-18,26H,2,4-5,8-9,14-15H2,1H3/q+1. The maximum Gasteiger partial charge on any atom is 0.258 e. The Hall–Kier alpha value is -2.55. The van der Waals surface area contributed by atoms with E-state index in [0.29, 0.717) is 0 Å². The van der Waals surface area contributed by atoms with Crippen molar-refractivity contribution in [3.63, 3.8) is 0 Å². The highest BCUT2D eigenvalue weighted by molar-refractivity contribution is 6.19. The minimum Gasteiger partial charge on any atom is -0.494 e. The van der Waals surface area contributed by atoms with Crippen LogP contribution in [-0.2, 0) is 0 Å². The normalized spacial score (nSPS) is 18.8. The highest BCUT2D eigenvalue weighted by atomic mass is 16.5. The van der Waals surface area contributed by atoms with Gasteiger partial charge in [0.1, 0.15) is 5.75 Å². The Morgan fingerprint density at radius 3 is 2.52 bits per heavy atom. The lowest BCUT2D eigenvalue weighted by molar-refractivity contribution is -0.753. The number of fused-ring (bicyclic) bond motifs is 1. The van der Waals surface area contributed by atoms with Crippen LogP contribution in [0.3, 0.4) is 0 Å². The molecule has 0 aliphatic heterocycles.